The summed E-state index contributed by atoms with van der Waals surface area (Å²) in [5.41, 5.74) is 5.18. The minimum Gasteiger partial charge on any atom is -0.480 e. The van der Waals surface area contributed by atoms with Crippen LogP contribution < -0.4 is 25.2 Å². The van der Waals surface area contributed by atoms with E-state index in [2.05, 4.69) is 59.4 Å². The van der Waals surface area contributed by atoms with Crippen molar-refractivity contribution in [3.8, 4) is 5.88 Å². The van der Waals surface area contributed by atoms with Gasteiger partial charge in [0, 0.05) is 105 Å². The maximum atomic E-state index is 13.4. The lowest BCUT2D eigenvalue weighted by Gasteiger charge is -2.40. The van der Waals surface area contributed by atoms with Crippen LogP contribution in [0.2, 0.25) is 0 Å². The summed E-state index contributed by atoms with van der Waals surface area (Å²) in [5, 5.41) is 6.35. The van der Waals surface area contributed by atoms with Crippen molar-refractivity contribution in [1.82, 2.24) is 35.0 Å². The van der Waals surface area contributed by atoms with E-state index in [1.165, 1.54) is 19.2 Å². The first-order valence-corrected chi connectivity index (χ1v) is 20.3. The van der Waals surface area contributed by atoms with Crippen LogP contribution in [0.15, 0.2) is 48.7 Å². The van der Waals surface area contributed by atoms with Gasteiger partial charge >= 0.3 is 0 Å². The number of aromatic amines is 1. The number of amides is 4. The Balaban J connectivity index is 0.766. The summed E-state index contributed by atoms with van der Waals surface area (Å²) >= 11 is 0. The first-order chi connectivity index (χ1) is 27.7. The van der Waals surface area contributed by atoms with Crippen molar-refractivity contribution in [2.45, 2.75) is 57.2 Å². The number of pyridine rings is 2. The maximum Gasteiger partial charge on any atom is 0.262 e. The van der Waals surface area contributed by atoms with Crippen molar-refractivity contribution in [2.24, 2.45) is 5.92 Å². The van der Waals surface area contributed by atoms with E-state index in [9.17, 15) is 19.2 Å². The lowest BCUT2D eigenvalue weighted by atomic mass is 9.94. The van der Waals surface area contributed by atoms with Gasteiger partial charge in [-0.1, -0.05) is 6.07 Å². The van der Waals surface area contributed by atoms with Gasteiger partial charge in [0.25, 0.3) is 11.8 Å². The fourth-order valence-electron chi connectivity index (χ4n) is 9.46. The van der Waals surface area contributed by atoms with Crippen LogP contribution in [-0.2, 0) is 16.1 Å². The third-order valence-electron chi connectivity index (χ3n) is 12.7. The largest absolute Gasteiger partial charge is 0.480 e. The highest BCUT2D eigenvalue weighted by molar-refractivity contribution is 6.07. The van der Waals surface area contributed by atoms with Gasteiger partial charge in [-0.05, 0) is 81.9 Å². The number of nitrogens with zero attached hydrogens (tertiary/aromatic N) is 7. The van der Waals surface area contributed by atoms with Gasteiger partial charge in [0.15, 0.2) is 0 Å². The molecule has 2 atom stereocenters. The van der Waals surface area contributed by atoms with Crippen LogP contribution in [0.1, 0.15) is 76.5 Å². The first-order valence-electron chi connectivity index (χ1n) is 20.3. The number of likely N-dealkylation sites (tertiary alicyclic amines) is 1. The van der Waals surface area contributed by atoms with Crippen molar-refractivity contribution >= 4 is 51.9 Å². The van der Waals surface area contributed by atoms with Crippen LogP contribution in [-0.4, -0.2) is 126 Å². The van der Waals surface area contributed by atoms with Crippen molar-refractivity contribution in [1.29, 1.82) is 0 Å². The standard InChI is InChI=1S/C42H50N10O5/c1-48-14-4-7-34(48)32-21-27-23-43-36(22-31(27)44-32)45-39(54)29-8-10-37(46-41(29)57-2)51-19-17-49(18-20-51)24-26-12-15-50(16-13-26)33-6-3-5-28-30(33)25-52(42(28)56)35-9-11-38(53)47-40(35)55/h3,5-6,8,10,21-23,26,34-35,44H,4,7,9,11-20,24-25H2,1-2H3,(H,43,45,54)(H,47,53,55)/t34-,35?/m1/s1. The molecule has 15 heteroatoms. The van der Waals surface area contributed by atoms with Gasteiger partial charge < -0.3 is 29.7 Å². The Morgan fingerprint density at radius 2 is 1.75 bits per heavy atom. The second-order valence-corrected chi connectivity index (χ2v) is 16.1. The molecule has 0 aliphatic carbocycles. The number of nitrogens with one attached hydrogen (secondary N) is 3. The molecule has 298 valence electrons. The van der Waals surface area contributed by atoms with E-state index in [0.29, 0.717) is 41.9 Å². The van der Waals surface area contributed by atoms with Gasteiger partial charge in [-0.3, -0.25) is 34.3 Å². The number of ether oxygens (including phenoxy) is 1. The minimum absolute atomic E-state index is 0.134. The Morgan fingerprint density at radius 3 is 2.51 bits per heavy atom. The maximum absolute atomic E-state index is 13.4. The summed E-state index contributed by atoms with van der Waals surface area (Å²) in [6.07, 6.45) is 6.83. The Kier molecular flexibility index (Phi) is 10.0. The number of H-pyrrole nitrogens is 1. The van der Waals surface area contributed by atoms with E-state index in [1.54, 1.807) is 17.2 Å². The number of imide groups is 1. The molecule has 0 spiro atoms. The lowest BCUT2D eigenvalue weighted by molar-refractivity contribution is -0.136. The molecule has 4 saturated heterocycles. The number of piperidine rings is 2. The average Bonchev–Trinajstić information content (AvgIpc) is 3.94. The molecule has 4 fully saturated rings. The molecule has 4 amide bonds. The molecule has 9 rings (SSSR count). The number of anilines is 3. The summed E-state index contributed by atoms with van der Waals surface area (Å²) in [7, 11) is 3.69. The van der Waals surface area contributed by atoms with Crippen molar-refractivity contribution in [2.75, 3.05) is 81.6 Å². The number of hydrogen-bond acceptors (Lipinski definition) is 11. The minimum atomic E-state index is -0.613. The fraction of sp³-hybridized carbons (Fsp3) is 0.476. The van der Waals surface area contributed by atoms with Crippen LogP contribution in [0.3, 0.4) is 0 Å². The molecular formula is C42H50N10O5. The Morgan fingerprint density at radius 1 is 0.930 bits per heavy atom. The second-order valence-electron chi connectivity index (χ2n) is 16.1. The molecule has 3 aromatic heterocycles. The summed E-state index contributed by atoms with van der Waals surface area (Å²) in [6, 6.07) is 13.3. The Bertz CT molecular complexity index is 2210. The number of piperazine rings is 1. The van der Waals surface area contributed by atoms with Gasteiger partial charge in [0.05, 0.1) is 12.6 Å². The Labute approximate surface area is 331 Å². The molecule has 5 aliphatic rings. The number of hydrogen-bond donors (Lipinski definition) is 3. The summed E-state index contributed by atoms with van der Waals surface area (Å²) in [5.74, 6) is 0.988. The molecule has 5 aliphatic heterocycles. The monoisotopic (exact) mass is 774 g/mol. The second kappa shape index (κ2) is 15.4. The van der Waals surface area contributed by atoms with Crippen molar-refractivity contribution in [3.05, 3.63) is 71.0 Å². The van der Waals surface area contributed by atoms with Crippen LogP contribution in [0.4, 0.5) is 17.3 Å². The normalized spacial score (nSPS) is 22.4. The van der Waals surface area contributed by atoms with Gasteiger partial charge in [-0.2, -0.15) is 4.98 Å². The summed E-state index contributed by atoms with van der Waals surface area (Å²) in [4.78, 5) is 75.0. The molecule has 4 aromatic rings. The zero-order chi connectivity index (χ0) is 39.2. The molecular weight excluding hydrogens is 725 g/mol. The highest BCUT2D eigenvalue weighted by Crippen LogP contribution is 2.36. The lowest BCUT2D eigenvalue weighted by Crippen LogP contribution is -2.52. The third kappa shape index (κ3) is 7.29. The number of rotatable bonds is 9. The number of methoxy groups -OCH3 is 1. The Hall–Kier alpha value is -5.54. The molecule has 1 unspecified atom stereocenters. The average molecular weight is 775 g/mol. The molecule has 15 nitrogen and oxygen atoms in total. The zero-order valence-electron chi connectivity index (χ0n) is 32.6. The molecule has 1 aromatic carbocycles. The molecule has 8 heterocycles. The summed E-state index contributed by atoms with van der Waals surface area (Å²) in [6.45, 7) is 7.83. The quantitative estimate of drug-likeness (QED) is 0.213. The first kappa shape index (κ1) is 37.1. The smallest absolute Gasteiger partial charge is 0.262 e. The van der Waals surface area contributed by atoms with Crippen molar-refractivity contribution < 1.29 is 23.9 Å². The number of aromatic nitrogens is 3. The fourth-order valence-corrected chi connectivity index (χ4v) is 9.46. The van der Waals surface area contributed by atoms with E-state index >= 15 is 0 Å². The SMILES string of the molecule is COc1nc(N2CCN(CC3CCN(c4cccc5c4CN(C4CCC(=O)NC4=O)C5=O)CC3)CC2)ccc1C(=O)Nc1cc2[nH]c([C@H]3CCCN3C)cc2cn1. The van der Waals surface area contributed by atoms with E-state index in [4.69, 9.17) is 9.72 Å². The molecule has 0 bridgehead atoms. The van der Waals surface area contributed by atoms with Crippen LogP contribution in [0, 0.1) is 5.92 Å². The molecule has 0 saturated carbocycles. The van der Waals surface area contributed by atoms with E-state index < -0.39 is 6.04 Å². The predicted molar refractivity (Wildman–Crippen MR) is 216 cm³/mol. The summed E-state index contributed by atoms with van der Waals surface area (Å²) < 4.78 is 5.62. The topological polar surface area (TPSA) is 159 Å². The van der Waals surface area contributed by atoms with Gasteiger partial charge in [0.2, 0.25) is 17.7 Å². The van der Waals surface area contributed by atoms with Gasteiger partial charge in [-0.25, -0.2) is 4.98 Å². The highest BCUT2D eigenvalue weighted by atomic mass is 16.5. The highest BCUT2D eigenvalue weighted by Gasteiger charge is 2.40. The molecule has 3 N–H and O–H groups in total. The van der Waals surface area contributed by atoms with E-state index in [-0.39, 0.29) is 35.9 Å². The number of carbonyl (C=O) groups is 4. The van der Waals surface area contributed by atoms with Crippen molar-refractivity contribution in [3.63, 3.8) is 0 Å². The third-order valence-corrected chi connectivity index (χ3v) is 12.7. The van der Waals surface area contributed by atoms with E-state index in [0.717, 1.165) is 99.6 Å². The number of fused-ring (bicyclic) bond motifs is 2. The molecule has 57 heavy (non-hydrogen) atoms. The molecule has 0 radical (unpaired) electrons. The van der Waals surface area contributed by atoms with Crippen LogP contribution in [0.25, 0.3) is 10.9 Å². The van der Waals surface area contributed by atoms with E-state index in [1.807, 2.05) is 24.3 Å². The number of carbonyl (C=O) groups excluding carboxylic acids is 4. The van der Waals surface area contributed by atoms with Crippen LogP contribution in [0.5, 0.6) is 5.88 Å². The van der Waals surface area contributed by atoms with Gasteiger partial charge in [-0.15, -0.1) is 0 Å². The van der Waals surface area contributed by atoms with Gasteiger partial charge in [0.1, 0.15) is 23.2 Å². The predicted octanol–water partition coefficient (Wildman–Crippen LogP) is 3.79. The number of benzene rings is 1. The zero-order valence-corrected chi connectivity index (χ0v) is 32.6. The van der Waals surface area contributed by atoms with Crippen LogP contribution >= 0.6 is 0 Å².